The van der Waals surface area contributed by atoms with Crippen LogP contribution in [0.5, 0.6) is 0 Å². The molecule has 110 valence electrons. The van der Waals surface area contributed by atoms with Crippen molar-refractivity contribution >= 4 is 40.6 Å². The number of aromatic nitrogens is 2. The zero-order chi connectivity index (χ0) is 15.6. The molecule has 1 aromatic heterocycles. The van der Waals surface area contributed by atoms with Crippen LogP contribution >= 0.6 is 23.2 Å². The van der Waals surface area contributed by atoms with Crippen LogP contribution in [0.1, 0.15) is 5.69 Å². The van der Waals surface area contributed by atoms with Crippen LogP contribution in [0.25, 0.3) is 0 Å². The summed E-state index contributed by atoms with van der Waals surface area (Å²) in [4.78, 5) is 22.1. The maximum Gasteiger partial charge on any atom is 0.345 e. The third kappa shape index (κ3) is 3.71. The predicted molar refractivity (Wildman–Crippen MR) is 78.7 cm³/mol. The second kappa shape index (κ2) is 6.11. The van der Waals surface area contributed by atoms with Crippen LogP contribution in [0.3, 0.4) is 0 Å². The molecule has 9 heteroatoms. The molecule has 2 rings (SSSR count). The lowest BCUT2D eigenvalue weighted by Gasteiger charge is -2.05. The number of amides is 1. The summed E-state index contributed by atoms with van der Waals surface area (Å²) in [5.41, 5.74) is 0.907. The van der Waals surface area contributed by atoms with Gasteiger partial charge in [-0.25, -0.2) is 0 Å². The van der Waals surface area contributed by atoms with Gasteiger partial charge in [0, 0.05) is 5.69 Å². The van der Waals surface area contributed by atoms with E-state index >= 15 is 0 Å². The molecule has 1 N–H and O–H groups in total. The van der Waals surface area contributed by atoms with Gasteiger partial charge in [-0.1, -0.05) is 28.3 Å². The summed E-state index contributed by atoms with van der Waals surface area (Å²) in [5.74, 6) is -0.698. The van der Waals surface area contributed by atoms with Gasteiger partial charge in [-0.2, -0.15) is 0 Å². The molecule has 1 amide bonds. The van der Waals surface area contributed by atoms with Gasteiger partial charge in [0.1, 0.15) is 0 Å². The molecule has 0 aliphatic rings. The summed E-state index contributed by atoms with van der Waals surface area (Å²) in [6.45, 7) is 1.34. The molecule has 0 aliphatic carbocycles. The first-order valence-electron chi connectivity index (χ1n) is 5.80. The molecule has 0 unspecified atom stereocenters. The first-order valence-corrected chi connectivity index (χ1v) is 6.56. The second-order valence-corrected chi connectivity index (χ2v) is 5.05. The number of rotatable bonds is 4. The molecule has 1 heterocycles. The molecule has 21 heavy (non-hydrogen) atoms. The second-order valence-electron chi connectivity index (χ2n) is 4.24. The van der Waals surface area contributed by atoms with Crippen molar-refractivity contribution in [2.24, 2.45) is 0 Å². The van der Waals surface area contributed by atoms with Gasteiger partial charge in [0.25, 0.3) is 5.91 Å². The minimum atomic E-state index is -0.591. The van der Waals surface area contributed by atoms with E-state index in [1.54, 1.807) is 19.1 Å². The summed E-state index contributed by atoms with van der Waals surface area (Å²) in [6, 6.07) is 5.91. The van der Waals surface area contributed by atoms with Gasteiger partial charge in [0.05, 0.1) is 21.8 Å². The Morgan fingerprint density at radius 3 is 2.71 bits per heavy atom. The zero-order valence-corrected chi connectivity index (χ0v) is 12.4. The Bertz CT molecular complexity index is 715. The van der Waals surface area contributed by atoms with Gasteiger partial charge >= 0.3 is 5.82 Å². The Balaban J connectivity index is 2.11. The van der Waals surface area contributed by atoms with E-state index in [4.69, 9.17) is 23.2 Å². The Hall–Kier alpha value is -2.12. The minimum Gasteiger partial charge on any atom is -0.358 e. The number of hydrogen-bond acceptors (Lipinski definition) is 4. The fraction of sp³-hybridized carbons (Fsp3) is 0.167. The van der Waals surface area contributed by atoms with E-state index in [1.165, 1.54) is 12.1 Å². The van der Waals surface area contributed by atoms with E-state index in [9.17, 15) is 14.9 Å². The number of nitrogens with zero attached hydrogens (tertiary/aromatic N) is 3. The summed E-state index contributed by atoms with van der Waals surface area (Å²) in [5, 5.41) is 18.0. The molecule has 0 saturated carbocycles. The van der Waals surface area contributed by atoms with Crippen molar-refractivity contribution in [3.8, 4) is 0 Å². The van der Waals surface area contributed by atoms with Gasteiger partial charge in [-0.3, -0.25) is 4.79 Å². The largest absolute Gasteiger partial charge is 0.358 e. The van der Waals surface area contributed by atoms with Crippen molar-refractivity contribution < 1.29 is 9.72 Å². The quantitative estimate of drug-likeness (QED) is 0.689. The highest BCUT2D eigenvalue weighted by Gasteiger charge is 2.19. The molecule has 0 spiro atoms. The SMILES string of the molecule is Cc1cc([N+](=O)[O-])n(CC(=O)Nc2ccc(Cl)c(Cl)c2)n1. The number of carbonyl (C=O) groups excluding carboxylic acids is 1. The lowest BCUT2D eigenvalue weighted by molar-refractivity contribution is -0.392. The normalized spacial score (nSPS) is 10.4. The van der Waals surface area contributed by atoms with Crippen molar-refractivity contribution in [2.45, 2.75) is 13.5 Å². The van der Waals surface area contributed by atoms with Gasteiger partial charge < -0.3 is 15.4 Å². The van der Waals surface area contributed by atoms with E-state index in [1.807, 2.05) is 0 Å². The number of benzene rings is 1. The van der Waals surface area contributed by atoms with Crippen LogP contribution in [0.15, 0.2) is 24.3 Å². The van der Waals surface area contributed by atoms with Crippen LogP contribution in [0.4, 0.5) is 11.5 Å². The highest BCUT2D eigenvalue weighted by atomic mass is 35.5. The molecule has 2 aromatic rings. The standard InChI is InChI=1S/C12H10Cl2N4O3/c1-7-4-12(18(20)21)17(16-7)6-11(19)15-8-2-3-9(13)10(14)5-8/h2-5H,6H2,1H3,(H,15,19). The van der Waals surface area contributed by atoms with Gasteiger partial charge in [0.2, 0.25) is 0 Å². The molecule has 1 aromatic carbocycles. The molecule has 0 fully saturated rings. The highest BCUT2D eigenvalue weighted by molar-refractivity contribution is 6.42. The Morgan fingerprint density at radius 1 is 1.38 bits per heavy atom. The van der Waals surface area contributed by atoms with Crippen molar-refractivity contribution in [3.63, 3.8) is 0 Å². The molecular formula is C12H10Cl2N4O3. The maximum atomic E-state index is 11.9. The van der Waals surface area contributed by atoms with E-state index < -0.39 is 10.8 Å². The fourth-order valence-electron chi connectivity index (χ4n) is 1.71. The maximum absolute atomic E-state index is 11.9. The average Bonchev–Trinajstić information content (AvgIpc) is 2.75. The number of hydrogen-bond donors (Lipinski definition) is 1. The molecule has 0 bridgehead atoms. The molecule has 0 aliphatic heterocycles. The Morgan fingerprint density at radius 2 is 2.10 bits per heavy atom. The molecule has 0 atom stereocenters. The predicted octanol–water partition coefficient (Wildman–Crippen LogP) is 3.05. The number of carbonyl (C=O) groups is 1. The third-order valence-electron chi connectivity index (χ3n) is 2.56. The van der Waals surface area contributed by atoms with Crippen LogP contribution in [0.2, 0.25) is 10.0 Å². The van der Waals surface area contributed by atoms with Crippen LogP contribution in [0, 0.1) is 17.0 Å². The molecular weight excluding hydrogens is 319 g/mol. The number of anilines is 1. The van der Waals surface area contributed by atoms with Gasteiger partial charge in [0.15, 0.2) is 6.54 Å². The number of nitrogens with one attached hydrogen (secondary N) is 1. The number of aryl methyl sites for hydroxylation is 1. The molecule has 0 saturated heterocycles. The van der Waals surface area contributed by atoms with E-state index in [0.29, 0.717) is 21.4 Å². The monoisotopic (exact) mass is 328 g/mol. The smallest absolute Gasteiger partial charge is 0.345 e. The Kier molecular flexibility index (Phi) is 4.44. The highest BCUT2D eigenvalue weighted by Crippen LogP contribution is 2.25. The summed E-state index contributed by atoms with van der Waals surface area (Å²) >= 11 is 11.6. The van der Waals surface area contributed by atoms with E-state index in [0.717, 1.165) is 4.68 Å². The van der Waals surface area contributed by atoms with Gasteiger partial charge in [-0.15, -0.1) is 4.68 Å². The van der Waals surface area contributed by atoms with Gasteiger partial charge in [-0.05, 0) is 30.0 Å². The summed E-state index contributed by atoms with van der Waals surface area (Å²) in [7, 11) is 0. The number of halogens is 2. The van der Waals surface area contributed by atoms with Crippen LogP contribution in [-0.2, 0) is 11.3 Å². The number of nitro groups is 1. The van der Waals surface area contributed by atoms with Crippen molar-refractivity contribution in [1.82, 2.24) is 9.78 Å². The average molecular weight is 329 g/mol. The topological polar surface area (TPSA) is 90.1 Å². The van der Waals surface area contributed by atoms with E-state index in [-0.39, 0.29) is 12.4 Å². The zero-order valence-electron chi connectivity index (χ0n) is 10.8. The molecule has 0 radical (unpaired) electrons. The first-order chi connectivity index (χ1) is 9.86. The van der Waals surface area contributed by atoms with Crippen molar-refractivity contribution in [2.75, 3.05) is 5.32 Å². The lowest BCUT2D eigenvalue weighted by Crippen LogP contribution is -2.20. The van der Waals surface area contributed by atoms with Crippen molar-refractivity contribution in [1.29, 1.82) is 0 Å². The molecule has 7 nitrogen and oxygen atoms in total. The van der Waals surface area contributed by atoms with Crippen molar-refractivity contribution in [3.05, 3.63) is 50.1 Å². The summed E-state index contributed by atoms with van der Waals surface area (Å²) in [6.07, 6.45) is 0. The van der Waals surface area contributed by atoms with Crippen LogP contribution in [-0.4, -0.2) is 20.6 Å². The minimum absolute atomic E-state index is 0.239. The van der Waals surface area contributed by atoms with E-state index in [2.05, 4.69) is 10.4 Å². The third-order valence-corrected chi connectivity index (χ3v) is 3.30. The fourth-order valence-corrected chi connectivity index (χ4v) is 2.00. The van der Waals surface area contributed by atoms with Crippen LogP contribution < -0.4 is 5.32 Å². The summed E-state index contributed by atoms with van der Waals surface area (Å²) < 4.78 is 1.03. The Labute approximate surface area is 129 Å². The lowest BCUT2D eigenvalue weighted by atomic mass is 10.3. The first kappa shape index (κ1) is 15.3.